The highest BCUT2D eigenvalue weighted by atomic mass is 79.9. The van der Waals surface area contributed by atoms with Crippen molar-refractivity contribution in [2.45, 2.75) is 18.7 Å². The van der Waals surface area contributed by atoms with E-state index in [-0.39, 0.29) is 5.38 Å². The number of hydrogen-bond donors (Lipinski definition) is 0. The van der Waals surface area contributed by atoms with Crippen LogP contribution in [0.1, 0.15) is 29.8 Å². The minimum absolute atomic E-state index is 0.141. The molecule has 19 heavy (non-hydrogen) atoms. The van der Waals surface area contributed by atoms with Gasteiger partial charge in [-0.2, -0.15) is 0 Å². The maximum Gasteiger partial charge on any atom is 0.133 e. The fourth-order valence-electron chi connectivity index (χ4n) is 1.82. The quantitative estimate of drug-likeness (QED) is 0.647. The number of ether oxygens (including phenoxy) is 1. The van der Waals surface area contributed by atoms with E-state index in [1.165, 1.54) is 0 Å². The average Bonchev–Trinajstić information content (AvgIpc) is 2.46. The Hall–Kier alpha value is -0.990. The van der Waals surface area contributed by atoms with Gasteiger partial charge in [0.25, 0.3) is 0 Å². The lowest BCUT2D eigenvalue weighted by molar-refractivity contribution is 0.315. The normalized spacial score (nSPS) is 12.2. The lowest BCUT2D eigenvalue weighted by Gasteiger charge is -2.13. The largest absolute Gasteiger partial charge is 0.492 e. The smallest absolute Gasteiger partial charge is 0.133 e. The Bertz CT molecular complexity index is 528. The van der Waals surface area contributed by atoms with Gasteiger partial charge < -0.3 is 4.74 Å². The van der Waals surface area contributed by atoms with Crippen molar-refractivity contribution in [3.8, 4) is 5.75 Å². The number of benzene rings is 2. The molecule has 2 aromatic carbocycles. The Balaban J connectivity index is 2.20. The molecule has 0 amide bonds. The van der Waals surface area contributed by atoms with Crippen LogP contribution in [0.4, 0.5) is 0 Å². The van der Waals surface area contributed by atoms with Crippen LogP contribution in [0.5, 0.6) is 5.75 Å². The first kappa shape index (κ1) is 14.4. The van der Waals surface area contributed by atoms with Gasteiger partial charge in [0.2, 0.25) is 0 Å². The van der Waals surface area contributed by atoms with Crippen LogP contribution in [0.15, 0.2) is 53.0 Å². The summed E-state index contributed by atoms with van der Waals surface area (Å²) in [7, 11) is 0. The molecule has 100 valence electrons. The van der Waals surface area contributed by atoms with Crippen molar-refractivity contribution in [3.05, 3.63) is 64.1 Å². The van der Waals surface area contributed by atoms with Crippen molar-refractivity contribution in [3.63, 3.8) is 0 Å². The second-order valence-corrected chi connectivity index (χ2v) is 5.60. The summed E-state index contributed by atoms with van der Waals surface area (Å²) in [6.45, 7) is 2.81. The first-order valence-electron chi connectivity index (χ1n) is 6.33. The van der Waals surface area contributed by atoms with E-state index in [0.29, 0.717) is 0 Å². The molecule has 1 unspecified atom stereocenters. The summed E-state index contributed by atoms with van der Waals surface area (Å²) >= 11 is 10.0. The fraction of sp³-hybridized carbons (Fsp3) is 0.250. The van der Waals surface area contributed by atoms with Crippen LogP contribution in [0.25, 0.3) is 0 Å². The molecule has 0 aliphatic carbocycles. The lowest BCUT2D eigenvalue weighted by atomic mass is 10.0. The van der Waals surface area contributed by atoms with Gasteiger partial charge in [0, 0.05) is 0 Å². The molecule has 0 spiro atoms. The predicted octanol–water partition coefficient (Wildman–Crippen LogP) is 5.57. The third-order valence-electron chi connectivity index (χ3n) is 2.80. The van der Waals surface area contributed by atoms with Gasteiger partial charge in [-0.25, -0.2) is 0 Å². The summed E-state index contributed by atoms with van der Waals surface area (Å²) in [4.78, 5) is 0. The highest BCUT2D eigenvalue weighted by molar-refractivity contribution is 9.10. The zero-order valence-corrected chi connectivity index (χ0v) is 13.1. The predicted molar refractivity (Wildman–Crippen MR) is 84.1 cm³/mol. The summed E-state index contributed by atoms with van der Waals surface area (Å²) in [5.41, 5.74) is 2.15. The Morgan fingerprint density at radius 2 is 1.84 bits per heavy atom. The van der Waals surface area contributed by atoms with Gasteiger partial charge in [-0.3, -0.25) is 0 Å². The van der Waals surface area contributed by atoms with Crippen LogP contribution in [0.3, 0.4) is 0 Å². The van der Waals surface area contributed by atoms with Crippen LogP contribution < -0.4 is 4.74 Å². The third-order valence-corrected chi connectivity index (χ3v) is 3.93. The molecule has 2 aromatic rings. The van der Waals surface area contributed by atoms with Crippen molar-refractivity contribution in [2.75, 3.05) is 6.61 Å². The molecule has 2 rings (SSSR count). The van der Waals surface area contributed by atoms with Crippen molar-refractivity contribution >= 4 is 27.5 Å². The molecule has 0 saturated heterocycles. The Kier molecular flexibility index (Phi) is 5.29. The molecule has 0 aromatic heterocycles. The number of alkyl halides is 1. The van der Waals surface area contributed by atoms with Crippen LogP contribution in [0, 0.1) is 0 Å². The lowest BCUT2D eigenvalue weighted by Crippen LogP contribution is -1.98. The SMILES string of the molecule is CCCOc1ccc(C(Cl)c2ccccc2)cc1Br. The maximum absolute atomic E-state index is 6.50. The summed E-state index contributed by atoms with van der Waals surface area (Å²) in [5, 5.41) is -0.141. The second-order valence-electron chi connectivity index (χ2n) is 4.31. The molecule has 0 aliphatic heterocycles. The molecule has 1 nitrogen and oxygen atoms in total. The van der Waals surface area contributed by atoms with Crippen LogP contribution in [-0.4, -0.2) is 6.61 Å². The van der Waals surface area contributed by atoms with Crippen LogP contribution in [-0.2, 0) is 0 Å². The minimum atomic E-state index is -0.141. The first-order valence-corrected chi connectivity index (χ1v) is 7.56. The summed E-state index contributed by atoms with van der Waals surface area (Å²) in [5.74, 6) is 0.863. The minimum Gasteiger partial charge on any atom is -0.492 e. The molecule has 1 atom stereocenters. The summed E-state index contributed by atoms with van der Waals surface area (Å²) in [6, 6.07) is 16.1. The molecule has 0 saturated carbocycles. The number of rotatable bonds is 5. The topological polar surface area (TPSA) is 9.23 Å². The zero-order chi connectivity index (χ0) is 13.7. The molecular weight excluding hydrogens is 324 g/mol. The van der Waals surface area contributed by atoms with Crippen molar-refractivity contribution in [1.82, 2.24) is 0 Å². The molecule has 0 fully saturated rings. The molecule has 0 N–H and O–H groups in total. The van der Waals surface area contributed by atoms with Gasteiger partial charge in [-0.15, -0.1) is 11.6 Å². The molecule has 3 heteroatoms. The van der Waals surface area contributed by atoms with E-state index in [0.717, 1.165) is 34.4 Å². The van der Waals surface area contributed by atoms with Gasteiger partial charge in [-0.05, 0) is 45.6 Å². The highest BCUT2D eigenvalue weighted by Gasteiger charge is 2.12. The summed E-state index contributed by atoms with van der Waals surface area (Å²) < 4.78 is 6.58. The van der Waals surface area contributed by atoms with E-state index in [1.807, 2.05) is 48.5 Å². The van der Waals surface area contributed by atoms with Crippen LogP contribution in [0.2, 0.25) is 0 Å². The Morgan fingerprint density at radius 3 is 2.47 bits per heavy atom. The maximum atomic E-state index is 6.50. The van der Waals surface area contributed by atoms with Gasteiger partial charge in [-0.1, -0.05) is 43.3 Å². The zero-order valence-electron chi connectivity index (χ0n) is 10.8. The van der Waals surface area contributed by atoms with E-state index in [2.05, 4.69) is 22.9 Å². The second kappa shape index (κ2) is 6.97. The van der Waals surface area contributed by atoms with Gasteiger partial charge in [0.15, 0.2) is 0 Å². The fourth-order valence-corrected chi connectivity index (χ4v) is 2.61. The van der Waals surface area contributed by atoms with E-state index in [4.69, 9.17) is 16.3 Å². The molecule has 0 heterocycles. The Morgan fingerprint density at radius 1 is 1.11 bits per heavy atom. The van der Waals surface area contributed by atoms with Gasteiger partial charge >= 0.3 is 0 Å². The highest BCUT2D eigenvalue weighted by Crippen LogP contribution is 2.34. The molecular formula is C16H16BrClO. The van der Waals surface area contributed by atoms with E-state index in [1.54, 1.807) is 0 Å². The van der Waals surface area contributed by atoms with Crippen molar-refractivity contribution in [2.24, 2.45) is 0 Å². The number of halogens is 2. The molecule has 0 radical (unpaired) electrons. The standard InChI is InChI=1S/C16H16BrClO/c1-2-10-19-15-9-8-13(11-14(15)17)16(18)12-6-4-3-5-7-12/h3-9,11,16H,2,10H2,1H3. The van der Waals surface area contributed by atoms with Crippen molar-refractivity contribution in [1.29, 1.82) is 0 Å². The third kappa shape index (κ3) is 3.74. The van der Waals surface area contributed by atoms with E-state index in [9.17, 15) is 0 Å². The van der Waals surface area contributed by atoms with Crippen LogP contribution >= 0.6 is 27.5 Å². The van der Waals surface area contributed by atoms with Crippen molar-refractivity contribution < 1.29 is 4.74 Å². The molecule has 0 bridgehead atoms. The Labute approximate surface area is 127 Å². The van der Waals surface area contributed by atoms with E-state index < -0.39 is 0 Å². The first-order chi connectivity index (χ1) is 9.22. The van der Waals surface area contributed by atoms with Gasteiger partial charge in [0.1, 0.15) is 5.75 Å². The molecule has 0 aliphatic rings. The monoisotopic (exact) mass is 338 g/mol. The average molecular weight is 340 g/mol. The number of hydrogen-bond acceptors (Lipinski definition) is 1. The van der Waals surface area contributed by atoms with Gasteiger partial charge in [0.05, 0.1) is 16.5 Å². The summed E-state index contributed by atoms with van der Waals surface area (Å²) in [6.07, 6.45) is 0.996. The van der Waals surface area contributed by atoms with E-state index >= 15 is 0 Å².